The summed E-state index contributed by atoms with van der Waals surface area (Å²) in [7, 11) is 0. The van der Waals surface area contributed by atoms with Crippen LogP contribution < -0.4 is 4.74 Å². The number of para-hydroxylation sites is 1. The van der Waals surface area contributed by atoms with E-state index < -0.39 is 0 Å². The molecule has 0 bridgehead atoms. The van der Waals surface area contributed by atoms with Gasteiger partial charge in [0.25, 0.3) is 0 Å². The summed E-state index contributed by atoms with van der Waals surface area (Å²) in [4.78, 5) is 0. The molecule has 1 atom stereocenters. The van der Waals surface area contributed by atoms with E-state index >= 15 is 0 Å². The van der Waals surface area contributed by atoms with E-state index in [0.717, 1.165) is 25.2 Å². The third-order valence-electron chi connectivity index (χ3n) is 3.23. The maximum atomic E-state index is 9.28. The molecule has 0 spiro atoms. The number of benzene rings is 1. The van der Waals surface area contributed by atoms with E-state index in [1.54, 1.807) is 0 Å². The van der Waals surface area contributed by atoms with Crippen LogP contribution in [0, 0.1) is 11.3 Å². The van der Waals surface area contributed by atoms with Gasteiger partial charge in [0, 0.05) is 6.61 Å². The molecular weight excluding hydrogens is 200 g/mol. The van der Waals surface area contributed by atoms with Crippen LogP contribution in [0.5, 0.6) is 5.75 Å². The van der Waals surface area contributed by atoms with E-state index in [-0.39, 0.29) is 12.0 Å². The van der Waals surface area contributed by atoms with Crippen molar-refractivity contribution in [1.82, 2.24) is 0 Å². The lowest BCUT2D eigenvalue weighted by atomic mass is 9.80. The first kappa shape index (κ1) is 11.5. The Bertz CT molecular complexity index is 358. The predicted molar refractivity (Wildman–Crippen MR) is 64.6 cm³/mol. The normalized spacial score (nSPS) is 20.1. The van der Waals surface area contributed by atoms with E-state index in [2.05, 4.69) is 26.0 Å². The van der Waals surface area contributed by atoms with Crippen LogP contribution in [0.2, 0.25) is 0 Å². The van der Waals surface area contributed by atoms with Crippen LogP contribution in [0.3, 0.4) is 0 Å². The Kier molecular flexibility index (Phi) is 3.20. The third-order valence-corrected chi connectivity index (χ3v) is 3.23. The molecule has 0 fully saturated rings. The fraction of sp³-hybridized carbons (Fsp3) is 0.571. The Hall–Kier alpha value is -1.02. The minimum absolute atomic E-state index is 0.000308. The van der Waals surface area contributed by atoms with Crippen molar-refractivity contribution in [2.75, 3.05) is 13.2 Å². The highest BCUT2D eigenvalue weighted by atomic mass is 16.5. The third kappa shape index (κ3) is 2.56. The number of fused-ring (bicyclic) bond motifs is 1. The molecule has 1 aromatic rings. The summed E-state index contributed by atoms with van der Waals surface area (Å²) < 4.78 is 5.74. The van der Waals surface area contributed by atoms with Gasteiger partial charge >= 0.3 is 0 Å². The number of ether oxygens (including phenoxy) is 1. The predicted octanol–water partition coefficient (Wildman–Crippen LogP) is 2.65. The van der Waals surface area contributed by atoms with E-state index in [1.165, 1.54) is 5.56 Å². The monoisotopic (exact) mass is 220 g/mol. The van der Waals surface area contributed by atoms with Crippen LogP contribution in [0.1, 0.15) is 25.8 Å². The summed E-state index contributed by atoms with van der Waals surface area (Å²) >= 11 is 0. The van der Waals surface area contributed by atoms with Crippen molar-refractivity contribution in [1.29, 1.82) is 0 Å². The average Bonchev–Trinajstić information content (AvgIpc) is 2.28. The van der Waals surface area contributed by atoms with Crippen LogP contribution in [0.15, 0.2) is 24.3 Å². The van der Waals surface area contributed by atoms with E-state index in [9.17, 15) is 5.11 Å². The van der Waals surface area contributed by atoms with Gasteiger partial charge in [0.15, 0.2) is 0 Å². The first-order valence-electron chi connectivity index (χ1n) is 5.92. The minimum atomic E-state index is 0.000308. The first-order chi connectivity index (χ1) is 7.61. The van der Waals surface area contributed by atoms with Gasteiger partial charge in [0.1, 0.15) is 5.75 Å². The zero-order valence-electron chi connectivity index (χ0n) is 10.1. The summed E-state index contributed by atoms with van der Waals surface area (Å²) in [6.45, 7) is 5.23. The van der Waals surface area contributed by atoms with Crippen molar-refractivity contribution in [2.45, 2.75) is 26.7 Å². The molecule has 16 heavy (non-hydrogen) atoms. The summed E-state index contributed by atoms with van der Waals surface area (Å²) in [5, 5.41) is 9.28. The summed E-state index contributed by atoms with van der Waals surface area (Å²) in [6, 6.07) is 8.23. The largest absolute Gasteiger partial charge is 0.493 e. The molecule has 88 valence electrons. The van der Waals surface area contributed by atoms with Gasteiger partial charge in [-0.1, -0.05) is 32.0 Å². The summed E-state index contributed by atoms with van der Waals surface area (Å²) in [6.07, 6.45) is 2.08. The lowest BCUT2D eigenvalue weighted by molar-refractivity contribution is 0.105. The molecule has 1 aliphatic rings. The Morgan fingerprint density at radius 1 is 1.38 bits per heavy atom. The van der Waals surface area contributed by atoms with Crippen molar-refractivity contribution in [3.8, 4) is 5.75 Å². The van der Waals surface area contributed by atoms with Crippen molar-refractivity contribution in [2.24, 2.45) is 11.3 Å². The Morgan fingerprint density at radius 3 is 2.88 bits per heavy atom. The molecule has 2 rings (SSSR count). The smallest absolute Gasteiger partial charge is 0.122 e. The second-order valence-electron chi connectivity index (χ2n) is 5.52. The molecule has 1 unspecified atom stereocenters. The molecule has 1 aromatic carbocycles. The van der Waals surface area contributed by atoms with Gasteiger partial charge < -0.3 is 9.84 Å². The Morgan fingerprint density at radius 2 is 2.12 bits per heavy atom. The minimum Gasteiger partial charge on any atom is -0.493 e. The van der Waals surface area contributed by atoms with Gasteiger partial charge in [-0.15, -0.1) is 0 Å². The van der Waals surface area contributed by atoms with Gasteiger partial charge in [0.2, 0.25) is 0 Å². The first-order valence-corrected chi connectivity index (χ1v) is 5.92. The van der Waals surface area contributed by atoms with E-state index in [0.29, 0.717) is 5.92 Å². The number of aliphatic hydroxyl groups is 1. The van der Waals surface area contributed by atoms with Crippen molar-refractivity contribution in [3.05, 3.63) is 29.8 Å². The summed E-state index contributed by atoms with van der Waals surface area (Å²) in [5.74, 6) is 1.55. The standard InChI is InChI=1S/C14H20O2/c1-14(2,10-15)8-11-7-12-5-3-4-6-13(12)16-9-11/h3-6,11,15H,7-10H2,1-2H3. The number of hydrogen-bond donors (Lipinski definition) is 1. The lowest BCUT2D eigenvalue weighted by Gasteiger charge is -2.31. The molecule has 1 heterocycles. The summed E-state index contributed by atoms with van der Waals surface area (Å²) in [5.41, 5.74) is 1.30. The van der Waals surface area contributed by atoms with Crippen LogP contribution in [-0.2, 0) is 6.42 Å². The van der Waals surface area contributed by atoms with Crippen LogP contribution in [0.25, 0.3) is 0 Å². The molecule has 0 radical (unpaired) electrons. The molecule has 0 aliphatic carbocycles. The van der Waals surface area contributed by atoms with Gasteiger partial charge in [-0.25, -0.2) is 0 Å². The highest BCUT2D eigenvalue weighted by molar-refractivity contribution is 5.35. The van der Waals surface area contributed by atoms with Crippen LogP contribution in [-0.4, -0.2) is 18.3 Å². The molecule has 0 amide bonds. The molecule has 0 saturated heterocycles. The molecule has 1 aliphatic heterocycles. The highest BCUT2D eigenvalue weighted by Gasteiger charge is 2.26. The van der Waals surface area contributed by atoms with Crippen molar-refractivity contribution < 1.29 is 9.84 Å². The molecule has 0 saturated carbocycles. The van der Waals surface area contributed by atoms with Crippen LogP contribution >= 0.6 is 0 Å². The second-order valence-corrected chi connectivity index (χ2v) is 5.52. The molecule has 0 aromatic heterocycles. The number of hydrogen-bond acceptors (Lipinski definition) is 2. The SMILES string of the molecule is CC(C)(CO)CC1COc2ccccc2C1. The van der Waals surface area contributed by atoms with Gasteiger partial charge in [-0.2, -0.15) is 0 Å². The van der Waals surface area contributed by atoms with Crippen molar-refractivity contribution >= 4 is 0 Å². The topological polar surface area (TPSA) is 29.5 Å². The average molecular weight is 220 g/mol. The maximum Gasteiger partial charge on any atom is 0.122 e. The van der Waals surface area contributed by atoms with E-state index in [1.807, 2.05) is 12.1 Å². The van der Waals surface area contributed by atoms with Gasteiger partial charge in [0.05, 0.1) is 6.61 Å². The zero-order valence-corrected chi connectivity index (χ0v) is 10.1. The van der Waals surface area contributed by atoms with Crippen molar-refractivity contribution in [3.63, 3.8) is 0 Å². The molecule has 2 heteroatoms. The Balaban J connectivity index is 2.03. The van der Waals surface area contributed by atoms with Gasteiger partial charge in [-0.05, 0) is 35.8 Å². The maximum absolute atomic E-state index is 9.28. The Labute approximate surface area is 97.3 Å². The fourth-order valence-corrected chi connectivity index (χ4v) is 2.37. The van der Waals surface area contributed by atoms with Crippen LogP contribution in [0.4, 0.5) is 0 Å². The highest BCUT2D eigenvalue weighted by Crippen LogP contribution is 2.33. The molecule has 2 nitrogen and oxygen atoms in total. The number of rotatable bonds is 3. The fourth-order valence-electron chi connectivity index (χ4n) is 2.37. The second kappa shape index (κ2) is 4.46. The molecule has 1 N–H and O–H groups in total. The van der Waals surface area contributed by atoms with E-state index in [4.69, 9.17) is 4.74 Å². The van der Waals surface area contributed by atoms with Gasteiger partial charge in [-0.3, -0.25) is 0 Å². The molecular formula is C14H20O2. The quantitative estimate of drug-likeness (QED) is 0.848. The zero-order chi connectivity index (χ0) is 11.6. The number of aliphatic hydroxyl groups excluding tert-OH is 1. The lowest BCUT2D eigenvalue weighted by Crippen LogP contribution is -2.28.